The maximum atomic E-state index is 12.7. The second-order valence-electron chi connectivity index (χ2n) is 7.45. The van der Waals surface area contributed by atoms with Crippen LogP contribution in [0, 0.1) is 5.92 Å². The zero-order valence-electron chi connectivity index (χ0n) is 15.9. The van der Waals surface area contributed by atoms with Crippen molar-refractivity contribution in [2.75, 3.05) is 5.32 Å². The third kappa shape index (κ3) is 3.86. The van der Waals surface area contributed by atoms with E-state index in [0.717, 1.165) is 11.3 Å². The number of aliphatic hydroxyl groups is 1. The summed E-state index contributed by atoms with van der Waals surface area (Å²) in [6, 6.07) is 19.0. The molecular formula is C23H25NO3. The standard InChI is InChI=1S/C23H25NO3/c1-15(25)20-19(24-18-12-8-5-9-13-18)14-23(3,27)22(16(2)26)21(20)17-10-6-4-7-11-17/h4-13,21-22,24,27H,14H2,1-3H3/t21-,22+,23+/m0/s1. The van der Waals surface area contributed by atoms with Gasteiger partial charge >= 0.3 is 0 Å². The molecule has 0 fully saturated rings. The van der Waals surface area contributed by atoms with Crippen LogP contribution in [0.15, 0.2) is 71.9 Å². The number of allylic oxidation sites excluding steroid dienone is 1. The number of carbonyl (C=O) groups excluding carboxylic acids is 2. The van der Waals surface area contributed by atoms with E-state index in [4.69, 9.17) is 0 Å². The number of rotatable bonds is 5. The van der Waals surface area contributed by atoms with Gasteiger partial charge in [-0.15, -0.1) is 0 Å². The lowest BCUT2D eigenvalue weighted by atomic mass is 9.64. The van der Waals surface area contributed by atoms with Gasteiger partial charge in [0.25, 0.3) is 0 Å². The van der Waals surface area contributed by atoms with Crippen molar-refractivity contribution in [3.05, 3.63) is 77.5 Å². The molecule has 2 aromatic rings. The Hall–Kier alpha value is -2.72. The van der Waals surface area contributed by atoms with E-state index in [-0.39, 0.29) is 18.0 Å². The van der Waals surface area contributed by atoms with E-state index in [2.05, 4.69) is 5.32 Å². The fraction of sp³-hybridized carbons (Fsp3) is 0.304. The molecule has 0 amide bonds. The summed E-state index contributed by atoms with van der Waals surface area (Å²) in [5.74, 6) is -1.38. The maximum absolute atomic E-state index is 12.7. The average molecular weight is 363 g/mol. The Labute approximate surface area is 159 Å². The highest BCUT2D eigenvalue weighted by molar-refractivity contribution is 5.98. The van der Waals surface area contributed by atoms with Crippen molar-refractivity contribution < 1.29 is 14.7 Å². The number of anilines is 1. The predicted octanol–water partition coefficient (Wildman–Crippen LogP) is 4.09. The van der Waals surface area contributed by atoms with E-state index < -0.39 is 17.4 Å². The lowest BCUT2D eigenvalue weighted by molar-refractivity contribution is -0.131. The van der Waals surface area contributed by atoms with Gasteiger partial charge in [-0.1, -0.05) is 48.5 Å². The lowest BCUT2D eigenvalue weighted by Gasteiger charge is -2.43. The topological polar surface area (TPSA) is 66.4 Å². The molecular weight excluding hydrogens is 338 g/mol. The van der Waals surface area contributed by atoms with Crippen molar-refractivity contribution in [2.24, 2.45) is 5.92 Å². The van der Waals surface area contributed by atoms with E-state index >= 15 is 0 Å². The van der Waals surface area contributed by atoms with Crippen LogP contribution in [0.3, 0.4) is 0 Å². The highest BCUT2D eigenvalue weighted by Gasteiger charge is 2.49. The van der Waals surface area contributed by atoms with Gasteiger partial charge in [0.1, 0.15) is 5.78 Å². The number of Topliss-reactive ketones (excluding diaryl/α,β-unsaturated/α-hetero) is 2. The van der Waals surface area contributed by atoms with Crippen LogP contribution in [0.1, 0.15) is 38.7 Å². The summed E-state index contributed by atoms with van der Waals surface area (Å²) in [5.41, 5.74) is 1.68. The monoisotopic (exact) mass is 363 g/mol. The molecule has 0 aromatic heterocycles. The highest BCUT2D eigenvalue weighted by atomic mass is 16.3. The number of hydrogen-bond acceptors (Lipinski definition) is 4. The minimum atomic E-state index is -1.26. The molecule has 4 nitrogen and oxygen atoms in total. The summed E-state index contributed by atoms with van der Waals surface area (Å²) in [6.07, 6.45) is 0.213. The molecule has 3 rings (SSSR count). The number of para-hydroxylation sites is 1. The van der Waals surface area contributed by atoms with Crippen LogP contribution >= 0.6 is 0 Å². The van der Waals surface area contributed by atoms with Gasteiger partial charge in [-0.3, -0.25) is 9.59 Å². The predicted molar refractivity (Wildman–Crippen MR) is 106 cm³/mol. The Balaban J connectivity index is 2.20. The van der Waals surface area contributed by atoms with Gasteiger partial charge in [0.15, 0.2) is 5.78 Å². The van der Waals surface area contributed by atoms with Gasteiger partial charge in [-0.05, 0) is 38.5 Å². The van der Waals surface area contributed by atoms with Crippen LogP contribution in [0.5, 0.6) is 0 Å². The number of carbonyl (C=O) groups is 2. The van der Waals surface area contributed by atoms with E-state index in [0.29, 0.717) is 11.3 Å². The van der Waals surface area contributed by atoms with Crippen LogP contribution in [0.4, 0.5) is 5.69 Å². The molecule has 140 valence electrons. The first-order chi connectivity index (χ1) is 12.8. The summed E-state index contributed by atoms with van der Waals surface area (Å²) in [7, 11) is 0. The third-order valence-electron chi connectivity index (χ3n) is 5.22. The number of benzene rings is 2. The molecule has 0 saturated carbocycles. The molecule has 0 heterocycles. The molecule has 4 heteroatoms. The van der Waals surface area contributed by atoms with Crippen molar-refractivity contribution in [1.29, 1.82) is 0 Å². The van der Waals surface area contributed by atoms with E-state index in [1.165, 1.54) is 13.8 Å². The van der Waals surface area contributed by atoms with Crippen LogP contribution in [0.2, 0.25) is 0 Å². The zero-order valence-corrected chi connectivity index (χ0v) is 15.9. The van der Waals surface area contributed by atoms with Crippen molar-refractivity contribution in [3.63, 3.8) is 0 Å². The minimum absolute atomic E-state index is 0.0935. The van der Waals surface area contributed by atoms with Crippen LogP contribution < -0.4 is 5.32 Å². The Morgan fingerprint density at radius 3 is 2.07 bits per heavy atom. The molecule has 2 aromatic carbocycles. The second kappa shape index (κ2) is 7.49. The highest BCUT2D eigenvalue weighted by Crippen LogP contribution is 2.47. The van der Waals surface area contributed by atoms with Crippen LogP contribution in [-0.4, -0.2) is 22.3 Å². The van der Waals surface area contributed by atoms with Gasteiger partial charge < -0.3 is 10.4 Å². The Morgan fingerprint density at radius 2 is 1.56 bits per heavy atom. The van der Waals surface area contributed by atoms with Crippen molar-refractivity contribution in [1.82, 2.24) is 0 Å². The first-order valence-electron chi connectivity index (χ1n) is 9.15. The summed E-state index contributed by atoms with van der Waals surface area (Å²) in [5, 5.41) is 14.5. The Morgan fingerprint density at radius 1 is 1.00 bits per heavy atom. The maximum Gasteiger partial charge on any atom is 0.158 e. The Bertz CT molecular complexity index is 869. The smallest absolute Gasteiger partial charge is 0.158 e. The molecule has 0 radical (unpaired) electrons. The van der Waals surface area contributed by atoms with Crippen molar-refractivity contribution in [2.45, 2.75) is 38.7 Å². The van der Waals surface area contributed by atoms with E-state index in [1.54, 1.807) is 6.92 Å². The van der Waals surface area contributed by atoms with E-state index in [1.807, 2.05) is 60.7 Å². The fourth-order valence-electron chi connectivity index (χ4n) is 4.21. The van der Waals surface area contributed by atoms with Gasteiger partial charge in [-0.2, -0.15) is 0 Å². The Kier molecular flexibility index (Phi) is 5.29. The first-order valence-corrected chi connectivity index (χ1v) is 9.15. The molecule has 0 bridgehead atoms. The van der Waals surface area contributed by atoms with Crippen molar-refractivity contribution >= 4 is 17.3 Å². The fourth-order valence-corrected chi connectivity index (χ4v) is 4.21. The third-order valence-corrected chi connectivity index (χ3v) is 5.22. The summed E-state index contributed by atoms with van der Waals surface area (Å²) in [4.78, 5) is 25.2. The first kappa shape index (κ1) is 19.1. The van der Waals surface area contributed by atoms with Gasteiger partial charge in [0.2, 0.25) is 0 Å². The second-order valence-corrected chi connectivity index (χ2v) is 7.45. The quantitative estimate of drug-likeness (QED) is 0.840. The molecule has 0 saturated heterocycles. The molecule has 1 aliphatic carbocycles. The molecule has 2 N–H and O–H groups in total. The summed E-state index contributed by atoms with van der Waals surface area (Å²) >= 11 is 0. The largest absolute Gasteiger partial charge is 0.389 e. The van der Waals surface area contributed by atoms with E-state index in [9.17, 15) is 14.7 Å². The van der Waals surface area contributed by atoms with Gasteiger partial charge in [0.05, 0.1) is 11.5 Å². The molecule has 0 aliphatic heterocycles. The van der Waals surface area contributed by atoms with Gasteiger partial charge in [0, 0.05) is 29.3 Å². The normalized spacial score (nSPS) is 25.2. The SMILES string of the molecule is CC(=O)C1=C(Nc2ccccc2)C[C@@](C)(O)[C@H](C(C)=O)[C@H]1c1ccccc1. The molecule has 27 heavy (non-hydrogen) atoms. The number of nitrogens with one attached hydrogen (secondary N) is 1. The van der Waals surface area contributed by atoms with Crippen molar-refractivity contribution in [3.8, 4) is 0 Å². The minimum Gasteiger partial charge on any atom is -0.389 e. The van der Waals surface area contributed by atoms with Crippen LogP contribution in [0.25, 0.3) is 0 Å². The average Bonchev–Trinajstić information content (AvgIpc) is 2.61. The molecule has 1 aliphatic rings. The summed E-state index contributed by atoms with van der Waals surface area (Å²) in [6.45, 7) is 4.69. The van der Waals surface area contributed by atoms with Crippen LogP contribution in [-0.2, 0) is 9.59 Å². The lowest BCUT2D eigenvalue weighted by Crippen LogP contribution is -2.48. The number of ketones is 2. The molecule has 3 atom stereocenters. The molecule has 0 spiro atoms. The zero-order chi connectivity index (χ0) is 19.6. The van der Waals surface area contributed by atoms with Gasteiger partial charge in [-0.25, -0.2) is 0 Å². The molecule has 0 unspecified atom stereocenters. The number of hydrogen-bond donors (Lipinski definition) is 2. The summed E-state index contributed by atoms with van der Waals surface area (Å²) < 4.78 is 0.